The van der Waals surface area contributed by atoms with Crippen molar-refractivity contribution in [3.63, 3.8) is 0 Å². The number of nitrogens with two attached hydrogens (primary N) is 2. The predicted octanol–water partition coefficient (Wildman–Crippen LogP) is -2.24. The summed E-state index contributed by atoms with van der Waals surface area (Å²) in [6.45, 7) is -0.810. The standard InChI is InChI=1S/C16H16N10O7S3/c17-15-19-6(4-35-15)8(22-33-1-7(27)28)11(29)20-9-12(30)25-10(14(31)32)5(2-34-13(9)25)3-36-16-21-23-24-26(16)18/h4,9,13H,1-3,18H2,(H2,17,19)(H,20,29)(H,27,28)(H,31,32)/b22-8-/t9-,13+/m1/s1. The number of hydrogen-bond donors (Lipinski definition) is 5. The lowest BCUT2D eigenvalue weighted by Crippen LogP contribution is -2.71. The number of carbonyl (C=O) groups excluding carboxylic acids is 2. The van der Waals surface area contributed by atoms with Crippen molar-refractivity contribution in [3.8, 4) is 0 Å². The minimum atomic E-state index is -1.32. The van der Waals surface area contributed by atoms with E-state index in [1.165, 1.54) is 17.1 Å². The number of thioether (sulfide) groups is 2. The second-order valence-corrected chi connectivity index (χ2v) is 9.93. The van der Waals surface area contributed by atoms with E-state index in [-0.39, 0.29) is 38.9 Å². The number of carboxylic acids is 2. The summed E-state index contributed by atoms with van der Waals surface area (Å²) >= 11 is 3.38. The van der Waals surface area contributed by atoms with Gasteiger partial charge in [-0.1, -0.05) is 22.0 Å². The number of hydrogen-bond acceptors (Lipinski definition) is 15. The normalized spacial score (nSPS) is 19.5. The second kappa shape index (κ2) is 10.4. The average Bonchev–Trinajstić information content (AvgIpc) is 3.45. The first-order chi connectivity index (χ1) is 17.2. The SMILES string of the molecule is Nc1nc(/C(=N/OCC(=O)O)C(=O)N[C@@H]2C(=O)N3C(C(=O)O)=C(CSc4nnnn4N)CS[C@@H]23)cs1. The Morgan fingerprint density at radius 2 is 2.14 bits per heavy atom. The highest BCUT2D eigenvalue weighted by atomic mass is 32.2. The van der Waals surface area contributed by atoms with Gasteiger partial charge in [-0.25, -0.2) is 14.6 Å². The quantitative estimate of drug-likeness (QED) is 0.0681. The van der Waals surface area contributed by atoms with Crippen molar-refractivity contribution in [2.45, 2.75) is 16.6 Å². The fourth-order valence-electron chi connectivity index (χ4n) is 3.19. The number of nitrogen functional groups attached to an aromatic ring is 2. The number of aliphatic carboxylic acids is 2. The molecule has 17 nitrogen and oxygen atoms in total. The molecule has 0 spiro atoms. The Labute approximate surface area is 212 Å². The lowest BCUT2D eigenvalue weighted by atomic mass is 10.0. The van der Waals surface area contributed by atoms with Crippen molar-refractivity contribution in [3.05, 3.63) is 22.3 Å². The predicted molar refractivity (Wildman–Crippen MR) is 125 cm³/mol. The highest BCUT2D eigenvalue weighted by Crippen LogP contribution is 2.41. The molecule has 7 N–H and O–H groups in total. The number of thiazole rings is 1. The molecule has 2 amide bonds. The topological polar surface area (TPSA) is 254 Å². The van der Waals surface area contributed by atoms with Crippen molar-refractivity contribution in [2.24, 2.45) is 5.16 Å². The molecular formula is C16H16N10O7S3. The number of nitrogens with zero attached hydrogens (tertiary/aromatic N) is 7. The number of carboxylic acid groups (broad SMARTS) is 2. The molecule has 0 aromatic carbocycles. The molecule has 2 aromatic heterocycles. The Balaban J connectivity index is 1.49. The number of nitrogens with one attached hydrogen (secondary N) is 1. The van der Waals surface area contributed by atoms with Crippen LogP contribution in [0.15, 0.2) is 27.0 Å². The summed E-state index contributed by atoms with van der Waals surface area (Å²) in [5.41, 5.74) is 5.50. The van der Waals surface area contributed by atoms with Crippen LogP contribution in [0.1, 0.15) is 5.69 Å². The van der Waals surface area contributed by atoms with Gasteiger partial charge in [0.2, 0.25) is 11.8 Å². The van der Waals surface area contributed by atoms with Crippen molar-refractivity contribution in [1.82, 2.24) is 35.5 Å². The molecule has 2 aliphatic heterocycles. The van der Waals surface area contributed by atoms with Crippen LogP contribution >= 0.6 is 34.9 Å². The molecule has 0 aliphatic carbocycles. The van der Waals surface area contributed by atoms with E-state index in [1.807, 2.05) is 0 Å². The van der Waals surface area contributed by atoms with Crippen LogP contribution in [0.2, 0.25) is 0 Å². The maximum Gasteiger partial charge on any atom is 0.352 e. The Morgan fingerprint density at radius 3 is 2.75 bits per heavy atom. The Hall–Kier alpha value is -3.91. The minimum Gasteiger partial charge on any atom is -0.479 e. The molecule has 190 valence electrons. The molecule has 0 unspecified atom stereocenters. The summed E-state index contributed by atoms with van der Waals surface area (Å²) in [5, 5.41) is 36.3. The van der Waals surface area contributed by atoms with Gasteiger partial charge in [0, 0.05) is 16.9 Å². The molecule has 2 aromatic rings. The van der Waals surface area contributed by atoms with E-state index in [1.54, 1.807) is 0 Å². The van der Waals surface area contributed by atoms with Crippen LogP contribution in [-0.4, -0.2) is 99.4 Å². The van der Waals surface area contributed by atoms with Gasteiger partial charge in [-0.15, -0.1) is 27.9 Å². The van der Waals surface area contributed by atoms with Gasteiger partial charge >= 0.3 is 11.9 Å². The summed E-state index contributed by atoms with van der Waals surface area (Å²) in [5.74, 6) is 1.86. The maximum atomic E-state index is 12.9. The number of β-lactam (4-membered cyclic amide) rings is 1. The van der Waals surface area contributed by atoms with Gasteiger partial charge in [-0.05, 0) is 16.0 Å². The van der Waals surface area contributed by atoms with Crippen LogP contribution in [0, 0.1) is 0 Å². The molecule has 4 rings (SSSR count). The summed E-state index contributed by atoms with van der Waals surface area (Å²) < 4.78 is 0. The van der Waals surface area contributed by atoms with Crippen LogP contribution in [0.5, 0.6) is 0 Å². The zero-order valence-electron chi connectivity index (χ0n) is 17.8. The van der Waals surface area contributed by atoms with Gasteiger partial charge in [0.05, 0.1) is 0 Å². The van der Waals surface area contributed by atoms with Gasteiger partial charge in [0.25, 0.3) is 11.8 Å². The lowest BCUT2D eigenvalue weighted by molar-refractivity contribution is -0.150. The summed E-state index contributed by atoms with van der Waals surface area (Å²) in [7, 11) is 0. The summed E-state index contributed by atoms with van der Waals surface area (Å²) in [4.78, 5) is 59.2. The van der Waals surface area contributed by atoms with Gasteiger partial charge in [0.1, 0.15) is 22.8 Å². The number of rotatable bonds is 10. The number of aromatic nitrogens is 5. The molecule has 20 heteroatoms. The number of amides is 2. The fourth-order valence-corrected chi connectivity index (χ4v) is 6.02. The van der Waals surface area contributed by atoms with Crippen LogP contribution in [0.4, 0.5) is 5.13 Å². The van der Waals surface area contributed by atoms with Crippen molar-refractivity contribution in [1.29, 1.82) is 0 Å². The number of anilines is 1. The average molecular weight is 557 g/mol. The molecule has 2 aliphatic rings. The molecule has 0 radical (unpaired) electrons. The Morgan fingerprint density at radius 1 is 1.36 bits per heavy atom. The highest BCUT2D eigenvalue weighted by molar-refractivity contribution is 8.01. The van der Waals surface area contributed by atoms with E-state index in [0.717, 1.165) is 32.8 Å². The first-order valence-electron chi connectivity index (χ1n) is 9.67. The number of oxime groups is 1. The van der Waals surface area contributed by atoms with E-state index < -0.39 is 41.8 Å². The van der Waals surface area contributed by atoms with Gasteiger partial charge in [0.15, 0.2) is 10.8 Å². The summed E-state index contributed by atoms with van der Waals surface area (Å²) in [6.07, 6.45) is 0. The number of fused-ring (bicyclic) bond motifs is 1. The third kappa shape index (κ3) is 5.04. The molecule has 1 fully saturated rings. The highest BCUT2D eigenvalue weighted by Gasteiger charge is 2.54. The zero-order chi connectivity index (χ0) is 26.0. The Kier molecular flexibility index (Phi) is 7.26. The third-order valence-corrected chi connectivity index (χ3v) is 7.73. The molecule has 1 saturated heterocycles. The largest absolute Gasteiger partial charge is 0.479 e. The van der Waals surface area contributed by atoms with Gasteiger partial charge in [-0.3, -0.25) is 14.5 Å². The maximum absolute atomic E-state index is 12.9. The van der Waals surface area contributed by atoms with E-state index in [9.17, 15) is 24.3 Å². The second-order valence-electron chi connectivity index (χ2n) is 6.99. The van der Waals surface area contributed by atoms with Crippen molar-refractivity contribution in [2.75, 3.05) is 29.7 Å². The Bertz CT molecular complexity index is 1290. The minimum absolute atomic E-state index is 0.0213. The van der Waals surface area contributed by atoms with Crippen molar-refractivity contribution >= 4 is 69.5 Å². The first-order valence-corrected chi connectivity index (χ1v) is 12.6. The molecule has 2 atom stereocenters. The van der Waals surface area contributed by atoms with E-state index >= 15 is 0 Å². The van der Waals surface area contributed by atoms with E-state index in [4.69, 9.17) is 16.7 Å². The third-order valence-electron chi connectivity index (χ3n) is 4.70. The van der Waals surface area contributed by atoms with Crippen LogP contribution in [0.25, 0.3) is 0 Å². The monoisotopic (exact) mass is 556 g/mol. The smallest absolute Gasteiger partial charge is 0.352 e. The molecule has 4 heterocycles. The molecular weight excluding hydrogens is 540 g/mol. The molecule has 0 bridgehead atoms. The number of carbonyl (C=O) groups is 4. The van der Waals surface area contributed by atoms with Crippen LogP contribution in [-0.2, 0) is 24.0 Å². The van der Waals surface area contributed by atoms with Crippen LogP contribution < -0.4 is 16.9 Å². The lowest BCUT2D eigenvalue weighted by Gasteiger charge is -2.49. The van der Waals surface area contributed by atoms with Gasteiger partial charge in [-0.2, -0.15) is 0 Å². The van der Waals surface area contributed by atoms with Gasteiger partial charge < -0.3 is 31.9 Å². The first kappa shape index (κ1) is 25.2. The summed E-state index contributed by atoms with van der Waals surface area (Å²) in [6, 6.07) is -1.07. The van der Waals surface area contributed by atoms with E-state index in [2.05, 4.69) is 35.8 Å². The zero-order valence-corrected chi connectivity index (χ0v) is 20.2. The van der Waals surface area contributed by atoms with E-state index in [0.29, 0.717) is 5.57 Å². The van der Waals surface area contributed by atoms with Crippen molar-refractivity contribution < 1.29 is 34.2 Å². The van der Waals surface area contributed by atoms with Crippen LogP contribution in [0.3, 0.4) is 0 Å². The molecule has 0 saturated carbocycles. The number of tetrazole rings is 1. The molecule has 36 heavy (non-hydrogen) atoms. The fraction of sp³-hybridized carbons (Fsp3) is 0.312.